The Labute approximate surface area is 119 Å². The molecule has 0 unspecified atom stereocenters. The molecule has 104 valence electrons. The Kier molecular flexibility index (Phi) is 4.20. The highest BCUT2D eigenvalue weighted by molar-refractivity contribution is 6.31. The van der Waals surface area contributed by atoms with Crippen LogP contribution in [0.4, 0.5) is 4.39 Å². The third-order valence-corrected chi connectivity index (χ3v) is 3.15. The number of benzene rings is 1. The first-order valence-electron chi connectivity index (χ1n) is 5.74. The van der Waals surface area contributed by atoms with Crippen LogP contribution in [-0.2, 0) is 11.3 Å². The molecular weight excluding hydrogens is 285 g/mol. The van der Waals surface area contributed by atoms with Crippen LogP contribution in [-0.4, -0.2) is 17.6 Å². The van der Waals surface area contributed by atoms with Gasteiger partial charge >= 0.3 is 5.97 Å². The normalized spacial score (nSPS) is 10.3. The maximum Gasteiger partial charge on any atom is 0.339 e. The van der Waals surface area contributed by atoms with Gasteiger partial charge < -0.3 is 9.30 Å². The van der Waals surface area contributed by atoms with Crippen molar-refractivity contribution in [3.8, 4) is 0 Å². The number of nitrogens with zero attached hydrogens (tertiary/aromatic N) is 1. The van der Waals surface area contributed by atoms with Gasteiger partial charge in [-0.3, -0.25) is 4.79 Å². The van der Waals surface area contributed by atoms with Crippen molar-refractivity contribution >= 4 is 17.6 Å². The molecule has 0 atom stereocenters. The average molecular weight is 296 g/mol. The van der Waals surface area contributed by atoms with Crippen LogP contribution in [0.3, 0.4) is 0 Å². The first kappa shape index (κ1) is 14.3. The van der Waals surface area contributed by atoms with Gasteiger partial charge in [0.15, 0.2) is 0 Å². The fraction of sp³-hybridized carbons (Fsp3) is 0.143. The molecule has 0 amide bonds. The molecule has 0 bridgehead atoms. The van der Waals surface area contributed by atoms with Crippen molar-refractivity contribution in [1.29, 1.82) is 0 Å². The summed E-state index contributed by atoms with van der Waals surface area (Å²) in [4.78, 5) is 23.2. The number of hydrogen-bond acceptors (Lipinski definition) is 3. The van der Waals surface area contributed by atoms with E-state index < -0.39 is 11.8 Å². The Balaban J connectivity index is 2.43. The van der Waals surface area contributed by atoms with E-state index in [1.807, 2.05) is 0 Å². The van der Waals surface area contributed by atoms with Crippen LogP contribution in [0, 0.1) is 5.82 Å². The topological polar surface area (TPSA) is 48.3 Å². The number of rotatable bonds is 3. The Morgan fingerprint density at radius 2 is 2.10 bits per heavy atom. The van der Waals surface area contributed by atoms with Gasteiger partial charge in [0.05, 0.1) is 19.2 Å². The van der Waals surface area contributed by atoms with Gasteiger partial charge in [-0.05, 0) is 18.2 Å². The first-order valence-corrected chi connectivity index (χ1v) is 6.12. The number of methoxy groups -OCH3 is 1. The number of esters is 1. The van der Waals surface area contributed by atoms with Gasteiger partial charge in [-0.25, -0.2) is 9.18 Å². The fourth-order valence-electron chi connectivity index (χ4n) is 1.75. The zero-order valence-electron chi connectivity index (χ0n) is 10.6. The minimum absolute atomic E-state index is 0.0603. The monoisotopic (exact) mass is 295 g/mol. The van der Waals surface area contributed by atoms with Crippen molar-refractivity contribution in [2.24, 2.45) is 0 Å². The summed E-state index contributed by atoms with van der Waals surface area (Å²) in [7, 11) is 1.24. The molecule has 0 N–H and O–H groups in total. The minimum Gasteiger partial charge on any atom is -0.465 e. The molecule has 0 radical (unpaired) electrons. The first-order chi connectivity index (χ1) is 9.52. The Hall–Kier alpha value is -2.14. The average Bonchev–Trinajstić information content (AvgIpc) is 2.44. The van der Waals surface area contributed by atoms with Gasteiger partial charge in [-0.15, -0.1) is 0 Å². The molecule has 0 saturated carbocycles. The maximum absolute atomic E-state index is 13.7. The lowest BCUT2D eigenvalue weighted by Crippen LogP contribution is -2.21. The molecule has 1 aromatic carbocycles. The van der Waals surface area contributed by atoms with E-state index in [1.54, 1.807) is 0 Å². The SMILES string of the molecule is COC(=O)c1ccc(=O)n(Cc2c(F)cccc2Cl)c1. The molecule has 0 aliphatic rings. The highest BCUT2D eigenvalue weighted by Crippen LogP contribution is 2.19. The molecule has 1 aromatic heterocycles. The Bertz CT molecular complexity index is 692. The van der Waals surface area contributed by atoms with Gasteiger partial charge in [-0.1, -0.05) is 17.7 Å². The van der Waals surface area contributed by atoms with E-state index in [4.69, 9.17) is 11.6 Å². The summed E-state index contributed by atoms with van der Waals surface area (Å²) >= 11 is 5.91. The van der Waals surface area contributed by atoms with E-state index in [-0.39, 0.29) is 28.3 Å². The van der Waals surface area contributed by atoms with Crippen LogP contribution in [0.1, 0.15) is 15.9 Å². The number of carbonyl (C=O) groups is 1. The summed E-state index contributed by atoms with van der Waals surface area (Å²) in [6.45, 7) is -0.0603. The van der Waals surface area contributed by atoms with Gasteiger partial charge in [0.1, 0.15) is 5.82 Å². The molecule has 0 spiro atoms. The van der Waals surface area contributed by atoms with Crippen molar-refractivity contribution < 1.29 is 13.9 Å². The molecule has 0 saturated heterocycles. The Morgan fingerprint density at radius 1 is 1.35 bits per heavy atom. The molecular formula is C14H11ClFNO3. The van der Waals surface area contributed by atoms with E-state index in [2.05, 4.69) is 4.74 Å². The standard InChI is InChI=1S/C14H11ClFNO3/c1-20-14(19)9-5-6-13(18)17(7-9)8-10-11(15)3-2-4-12(10)16/h2-7H,8H2,1H3. The molecule has 1 heterocycles. The number of ether oxygens (including phenoxy) is 1. The molecule has 0 aliphatic heterocycles. The van der Waals surface area contributed by atoms with Crippen LogP contribution in [0.15, 0.2) is 41.3 Å². The number of carbonyl (C=O) groups excluding carboxylic acids is 1. The van der Waals surface area contributed by atoms with Crippen LogP contribution < -0.4 is 5.56 Å². The third-order valence-electron chi connectivity index (χ3n) is 2.79. The molecule has 0 aliphatic carbocycles. The molecule has 4 nitrogen and oxygen atoms in total. The molecule has 0 fully saturated rings. The van der Waals surface area contributed by atoms with E-state index in [0.717, 1.165) is 0 Å². The van der Waals surface area contributed by atoms with Crippen molar-refractivity contribution in [3.63, 3.8) is 0 Å². The number of hydrogen-bond donors (Lipinski definition) is 0. The van der Waals surface area contributed by atoms with Crippen molar-refractivity contribution in [2.45, 2.75) is 6.54 Å². The highest BCUT2D eigenvalue weighted by Gasteiger charge is 2.11. The van der Waals surface area contributed by atoms with Gasteiger partial charge in [-0.2, -0.15) is 0 Å². The predicted octanol–water partition coefficient (Wildman–Crippen LogP) is 2.48. The second-order valence-corrected chi connectivity index (χ2v) is 4.48. The van der Waals surface area contributed by atoms with Crippen molar-refractivity contribution in [3.05, 3.63) is 68.8 Å². The van der Waals surface area contributed by atoms with Gasteiger partial charge in [0, 0.05) is 22.8 Å². The minimum atomic E-state index is -0.571. The van der Waals surface area contributed by atoms with Crippen molar-refractivity contribution in [1.82, 2.24) is 4.57 Å². The van der Waals surface area contributed by atoms with Crippen molar-refractivity contribution in [2.75, 3.05) is 7.11 Å². The van der Waals surface area contributed by atoms with E-state index in [1.165, 1.54) is 48.2 Å². The van der Waals surface area contributed by atoms with Crippen LogP contribution >= 0.6 is 11.6 Å². The molecule has 2 rings (SSSR count). The van der Waals surface area contributed by atoms with E-state index >= 15 is 0 Å². The predicted molar refractivity (Wildman–Crippen MR) is 72.6 cm³/mol. The number of aromatic nitrogens is 1. The second-order valence-electron chi connectivity index (χ2n) is 4.08. The summed E-state index contributed by atoms with van der Waals surface area (Å²) in [5.41, 5.74) is 0.0369. The summed E-state index contributed by atoms with van der Waals surface area (Å²) in [6, 6.07) is 6.86. The fourth-order valence-corrected chi connectivity index (χ4v) is 1.97. The zero-order valence-corrected chi connectivity index (χ0v) is 11.4. The van der Waals surface area contributed by atoms with Crippen LogP contribution in [0.2, 0.25) is 5.02 Å². The lowest BCUT2D eigenvalue weighted by Gasteiger charge is -2.09. The summed E-state index contributed by atoms with van der Waals surface area (Å²) < 4.78 is 19.5. The Morgan fingerprint density at radius 3 is 2.75 bits per heavy atom. The summed E-state index contributed by atoms with van der Waals surface area (Å²) in [5, 5.41) is 0.223. The summed E-state index contributed by atoms with van der Waals surface area (Å²) in [6.07, 6.45) is 1.32. The summed E-state index contributed by atoms with van der Waals surface area (Å²) in [5.74, 6) is -1.08. The number of halogens is 2. The number of pyridine rings is 1. The molecule has 2 aromatic rings. The third kappa shape index (κ3) is 2.88. The molecule has 6 heteroatoms. The van der Waals surface area contributed by atoms with E-state index in [0.29, 0.717) is 0 Å². The lowest BCUT2D eigenvalue weighted by molar-refractivity contribution is 0.0599. The zero-order chi connectivity index (χ0) is 14.7. The van der Waals surface area contributed by atoms with Gasteiger partial charge in [0.2, 0.25) is 0 Å². The molecule has 20 heavy (non-hydrogen) atoms. The van der Waals surface area contributed by atoms with Gasteiger partial charge in [0.25, 0.3) is 5.56 Å². The smallest absolute Gasteiger partial charge is 0.339 e. The van der Waals surface area contributed by atoms with Crippen LogP contribution in [0.5, 0.6) is 0 Å². The van der Waals surface area contributed by atoms with E-state index in [9.17, 15) is 14.0 Å². The highest BCUT2D eigenvalue weighted by atomic mass is 35.5. The largest absolute Gasteiger partial charge is 0.465 e. The lowest BCUT2D eigenvalue weighted by atomic mass is 10.2. The van der Waals surface area contributed by atoms with Crippen LogP contribution in [0.25, 0.3) is 0 Å². The maximum atomic E-state index is 13.7. The second kappa shape index (κ2) is 5.88. The quantitative estimate of drug-likeness (QED) is 0.817.